The molecule has 0 radical (unpaired) electrons. The standard InChI is InChI=1S/C23H21Cl3N4O7S2/c1-10(31)34-9-17-20(35-11(2)32)19(30-8-16(28-29-30)22-27-4-5-38-22)21(36-12(3)33)23(37-17)39-13-6-14(24)18(26)15(25)7-13/h4-8,17,19-21,23H,9H2,1-3H3/t17-,19+,20+,21-,23-/m1/s1. The lowest BCUT2D eigenvalue weighted by Crippen LogP contribution is -2.57. The highest BCUT2D eigenvalue weighted by molar-refractivity contribution is 7.99. The van der Waals surface area contributed by atoms with Crippen LogP contribution < -0.4 is 0 Å². The van der Waals surface area contributed by atoms with E-state index in [9.17, 15) is 14.4 Å². The van der Waals surface area contributed by atoms with Crippen LogP contribution in [0.25, 0.3) is 10.7 Å². The molecule has 2 aromatic heterocycles. The van der Waals surface area contributed by atoms with Crippen LogP contribution in [-0.4, -0.2) is 68.2 Å². The Hall–Kier alpha value is -2.42. The molecule has 1 saturated heterocycles. The summed E-state index contributed by atoms with van der Waals surface area (Å²) in [5, 5.41) is 11.4. The van der Waals surface area contributed by atoms with Crippen molar-refractivity contribution in [2.75, 3.05) is 6.61 Å². The molecule has 1 aliphatic heterocycles. The van der Waals surface area contributed by atoms with Crippen molar-refractivity contribution < 1.29 is 33.3 Å². The fourth-order valence-electron chi connectivity index (χ4n) is 3.88. The highest BCUT2D eigenvalue weighted by Crippen LogP contribution is 2.43. The number of hydrogen-bond acceptors (Lipinski definition) is 12. The number of thioether (sulfide) groups is 1. The molecule has 16 heteroatoms. The quantitative estimate of drug-likeness (QED) is 0.191. The third kappa shape index (κ3) is 7.21. The Morgan fingerprint density at radius 3 is 2.31 bits per heavy atom. The Labute approximate surface area is 246 Å². The average Bonchev–Trinajstić information content (AvgIpc) is 3.55. The SMILES string of the molecule is CC(=O)OC[C@H]1O[C@H](Sc2cc(Cl)c(Cl)c(Cl)c2)[C@H](OC(C)=O)[C@@H](n2cc(-c3nccs3)nn2)[C@H]1OC(C)=O. The summed E-state index contributed by atoms with van der Waals surface area (Å²) >= 11 is 21.1. The molecule has 0 bridgehead atoms. The number of benzene rings is 1. The highest BCUT2D eigenvalue weighted by Gasteiger charge is 2.52. The minimum Gasteiger partial charge on any atom is -0.463 e. The Balaban J connectivity index is 1.80. The number of thiazole rings is 1. The van der Waals surface area contributed by atoms with Gasteiger partial charge in [0, 0.05) is 37.2 Å². The summed E-state index contributed by atoms with van der Waals surface area (Å²) in [6, 6.07) is 2.22. The van der Waals surface area contributed by atoms with Gasteiger partial charge in [0.15, 0.2) is 12.2 Å². The van der Waals surface area contributed by atoms with Crippen LogP contribution in [-0.2, 0) is 33.3 Å². The first-order valence-electron chi connectivity index (χ1n) is 11.3. The van der Waals surface area contributed by atoms with E-state index in [2.05, 4.69) is 15.3 Å². The van der Waals surface area contributed by atoms with Crippen LogP contribution >= 0.6 is 57.9 Å². The van der Waals surface area contributed by atoms with Gasteiger partial charge in [0.1, 0.15) is 34.9 Å². The average molecular weight is 636 g/mol. The number of carbonyl (C=O) groups is 3. The summed E-state index contributed by atoms with van der Waals surface area (Å²) in [4.78, 5) is 40.9. The predicted octanol–water partition coefficient (Wildman–Crippen LogP) is 4.85. The Kier molecular flexibility index (Phi) is 9.73. The molecule has 1 aromatic carbocycles. The van der Waals surface area contributed by atoms with Crippen LogP contribution in [0.1, 0.15) is 26.8 Å². The zero-order valence-electron chi connectivity index (χ0n) is 20.6. The number of esters is 3. The van der Waals surface area contributed by atoms with Crippen LogP contribution in [0, 0.1) is 0 Å². The monoisotopic (exact) mass is 634 g/mol. The van der Waals surface area contributed by atoms with Gasteiger partial charge in [0.25, 0.3) is 0 Å². The molecule has 1 aliphatic rings. The van der Waals surface area contributed by atoms with Gasteiger partial charge in [-0.15, -0.1) is 16.4 Å². The van der Waals surface area contributed by atoms with Crippen molar-refractivity contribution in [1.82, 2.24) is 20.0 Å². The van der Waals surface area contributed by atoms with Gasteiger partial charge < -0.3 is 18.9 Å². The molecule has 4 rings (SSSR count). The smallest absolute Gasteiger partial charge is 0.303 e. The van der Waals surface area contributed by atoms with E-state index < -0.39 is 47.7 Å². The minimum absolute atomic E-state index is 0.182. The van der Waals surface area contributed by atoms with Crippen molar-refractivity contribution in [3.8, 4) is 10.7 Å². The molecule has 3 heterocycles. The molecule has 3 aromatic rings. The molecular formula is C23H21Cl3N4O7S2. The summed E-state index contributed by atoms with van der Waals surface area (Å²) in [6.07, 6.45) is 0.0948. The number of aromatic nitrogens is 4. The lowest BCUT2D eigenvalue weighted by Gasteiger charge is -2.44. The van der Waals surface area contributed by atoms with Crippen molar-refractivity contribution in [2.45, 2.75) is 55.5 Å². The summed E-state index contributed by atoms with van der Waals surface area (Å²) in [6.45, 7) is 3.44. The van der Waals surface area contributed by atoms with Crippen LogP contribution in [0.3, 0.4) is 0 Å². The second kappa shape index (κ2) is 12.8. The van der Waals surface area contributed by atoms with Gasteiger partial charge in [-0.2, -0.15) is 0 Å². The Morgan fingerprint density at radius 1 is 1.05 bits per heavy atom. The minimum atomic E-state index is -1.09. The molecule has 0 N–H and O–H groups in total. The zero-order valence-corrected chi connectivity index (χ0v) is 24.5. The number of hydrogen-bond donors (Lipinski definition) is 0. The van der Waals surface area contributed by atoms with E-state index in [0.717, 1.165) is 11.8 Å². The molecule has 0 saturated carbocycles. The lowest BCUT2D eigenvalue weighted by molar-refractivity contribution is -0.212. The number of halogens is 3. The van der Waals surface area contributed by atoms with E-state index in [1.54, 1.807) is 29.9 Å². The Morgan fingerprint density at radius 2 is 1.72 bits per heavy atom. The first kappa shape index (κ1) is 29.6. The van der Waals surface area contributed by atoms with Gasteiger partial charge in [-0.25, -0.2) is 9.67 Å². The molecular weight excluding hydrogens is 615 g/mol. The van der Waals surface area contributed by atoms with Crippen LogP contribution in [0.2, 0.25) is 15.1 Å². The second-order valence-electron chi connectivity index (χ2n) is 8.22. The zero-order chi connectivity index (χ0) is 28.3. The van der Waals surface area contributed by atoms with Gasteiger partial charge in [-0.05, 0) is 12.1 Å². The maximum Gasteiger partial charge on any atom is 0.303 e. The summed E-state index contributed by atoms with van der Waals surface area (Å²) < 4.78 is 24.3. The van der Waals surface area contributed by atoms with Gasteiger partial charge >= 0.3 is 17.9 Å². The largest absolute Gasteiger partial charge is 0.463 e. The summed E-state index contributed by atoms with van der Waals surface area (Å²) in [7, 11) is 0. The van der Waals surface area contributed by atoms with E-state index >= 15 is 0 Å². The topological polar surface area (TPSA) is 132 Å². The molecule has 39 heavy (non-hydrogen) atoms. The molecule has 5 atom stereocenters. The van der Waals surface area contributed by atoms with Crippen LogP contribution in [0.5, 0.6) is 0 Å². The van der Waals surface area contributed by atoms with Crippen molar-refractivity contribution in [3.63, 3.8) is 0 Å². The van der Waals surface area contributed by atoms with Crippen molar-refractivity contribution in [1.29, 1.82) is 0 Å². The second-order valence-corrected chi connectivity index (χ2v) is 11.5. The van der Waals surface area contributed by atoms with Crippen LogP contribution in [0.4, 0.5) is 0 Å². The predicted molar refractivity (Wildman–Crippen MR) is 144 cm³/mol. The van der Waals surface area contributed by atoms with Crippen molar-refractivity contribution in [3.05, 3.63) is 45.0 Å². The van der Waals surface area contributed by atoms with Crippen molar-refractivity contribution in [2.24, 2.45) is 0 Å². The summed E-state index contributed by atoms with van der Waals surface area (Å²) in [5.41, 5.74) is -0.469. The van der Waals surface area contributed by atoms with E-state index in [-0.39, 0.29) is 21.7 Å². The highest BCUT2D eigenvalue weighted by atomic mass is 35.5. The van der Waals surface area contributed by atoms with Gasteiger partial charge in [-0.3, -0.25) is 14.4 Å². The molecule has 11 nitrogen and oxygen atoms in total. The van der Waals surface area contributed by atoms with Gasteiger partial charge in [0.05, 0.1) is 21.3 Å². The first-order valence-corrected chi connectivity index (χ1v) is 14.2. The fraction of sp³-hybridized carbons (Fsp3) is 0.391. The maximum absolute atomic E-state index is 12.3. The van der Waals surface area contributed by atoms with E-state index in [4.69, 9.17) is 53.8 Å². The number of rotatable bonds is 8. The third-order valence-corrected chi connectivity index (χ3v) is 8.46. The van der Waals surface area contributed by atoms with Gasteiger partial charge in [0.2, 0.25) is 0 Å². The maximum atomic E-state index is 12.3. The third-order valence-electron chi connectivity index (χ3n) is 5.35. The van der Waals surface area contributed by atoms with Crippen LogP contribution in [0.15, 0.2) is 34.8 Å². The molecule has 0 amide bonds. The molecule has 1 fully saturated rings. The van der Waals surface area contributed by atoms with E-state index in [0.29, 0.717) is 15.6 Å². The summed E-state index contributed by atoms with van der Waals surface area (Å²) in [5.74, 6) is -1.82. The molecule has 0 aliphatic carbocycles. The molecule has 208 valence electrons. The number of nitrogens with zero attached hydrogens (tertiary/aromatic N) is 4. The Bertz CT molecular complexity index is 1330. The van der Waals surface area contributed by atoms with Gasteiger partial charge in [-0.1, -0.05) is 51.8 Å². The first-order chi connectivity index (χ1) is 18.5. The fourth-order valence-corrected chi connectivity index (χ4v) is 6.38. The van der Waals surface area contributed by atoms with Crippen molar-refractivity contribution >= 4 is 75.8 Å². The molecule has 0 spiro atoms. The lowest BCUT2D eigenvalue weighted by atomic mass is 9.96. The van der Waals surface area contributed by atoms with E-state index in [1.165, 1.54) is 36.8 Å². The molecule has 0 unspecified atom stereocenters. The number of carbonyl (C=O) groups excluding carboxylic acids is 3. The number of ether oxygens (including phenoxy) is 4. The normalized spacial score (nSPS) is 22.8. The van der Waals surface area contributed by atoms with E-state index in [1.807, 2.05) is 0 Å².